The molecule has 0 unspecified atom stereocenters. The summed E-state index contributed by atoms with van der Waals surface area (Å²) < 4.78 is 7.86. The number of likely N-dealkylation sites (tertiary alicyclic amines) is 1. The van der Waals surface area contributed by atoms with Gasteiger partial charge in [0.15, 0.2) is 0 Å². The largest absolute Gasteiger partial charge is 0.460 e. The zero-order valence-electron chi connectivity index (χ0n) is 16.1. The number of nitrogens with zero attached hydrogens (tertiary/aromatic N) is 5. The molecule has 2 fully saturated rings. The lowest BCUT2D eigenvalue weighted by Gasteiger charge is -2.35. The zero-order valence-corrected chi connectivity index (χ0v) is 16.1. The van der Waals surface area contributed by atoms with Gasteiger partial charge in [0.1, 0.15) is 24.2 Å². The molecule has 1 aromatic carbocycles. The van der Waals surface area contributed by atoms with Gasteiger partial charge in [-0.1, -0.05) is 12.1 Å². The van der Waals surface area contributed by atoms with Gasteiger partial charge in [0.2, 0.25) is 0 Å². The molecule has 1 N–H and O–H groups in total. The van der Waals surface area contributed by atoms with Crippen LogP contribution in [-0.2, 0) is 6.54 Å². The van der Waals surface area contributed by atoms with Crippen molar-refractivity contribution in [2.24, 2.45) is 11.8 Å². The maximum absolute atomic E-state index is 10.6. The van der Waals surface area contributed by atoms with Crippen molar-refractivity contribution in [1.82, 2.24) is 19.7 Å². The van der Waals surface area contributed by atoms with Crippen LogP contribution in [0.1, 0.15) is 30.2 Å². The van der Waals surface area contributed by atoms with Gasteiger partial charge in [-0.3, -0.25) is 4.90 Å². The molecular weight excluding hydrogens is 366 g/mol. The van der Waals surface area contributed by atoms with Crippen LogP contribution in [0, 0.1) is 23.2 Å². The van der Waals surface area contributed by atoms with Crippen LogP contribution in [0.2, 0.25) is 0 Å². The molecule has 1 aliphatic carbocycles. The summed E-state index contributed by atoms with van der Waals surface area (Å²) in [5.41, 5.74) is 1.45. The predicted molar refractivity (Wildman–Crippen MR) is 105 cm³/mol. The zero-order chi connectivity index (χ0) is 19.8. The number of aliphatic hydroxyl groups excluding tert-OH is 1. The summed E-state index contributed by atoms with van der Waals surface area (Å²) in [4.78, 5) is 6.43. The third-order valence-corrected chi connectivity index (χ3v) is 6.32. The van der Waals surface area contributed by atoms with Crippen LogP contribution in [0.4, 0.5) is 0 Å². The topological polar surface area (TPSA) is 91.1 Å². The molecule has 0 spiro atoms. The Kier molecular flexibility index (Phi) is 4.66. The second kappa shape index (κ2) is 7.47. The molecule has 1 saturated carbocycles. The van der Waals surface area contributed by atoms with Crippen molar-refractivity contribution < 1.29 is 9.52 Å². The summed E-state index contributed by atoms with van der Waals surface area (Å²) in [5, 5.41) is 24.1. The third kappa shape index (κ3) is 3.46. The lowest BCUT2D eigenvalue weighted by molar-refractivity contribution is 0.0304. The molecule has 3 heterocycles. The van der Waals surface area contributed by atoms with Crippen molar-refractivity contribution in [3.05, 3.63) is 60.4 Å². The SMILES string of the molecule is N#Cc1ccccc1-c1ccc(CN2C[C@H]3C[C@@H](n4cncn4)[C@H](O)C[C@H]3C2)o1. The van der Waals surface area contributed by atoms with Crippen molar-refractivity contribution in [2.45, 2.75) is 31.5 Å². The normalized spacial score (nSPS) is 26.9. The molecule has 1 saturated heterocycles. The van der Waals surface area contributed by atoms with E-state index in [9.17, 15) is 10.4 Å². The van der Waals surface area contributed by atoms with E-state index < -0.39 is 0 Å². The van der Waals surface area contributed by atoms with E-state index in [0.717, 1.165) is 49.6 Å². The minimum atomic E-state index is -0.379. The molecule has 0 radical (unpaired) electrons. The fraction of sp³-hybridized carbons (Fsp3) is 0.409. The highest BCUT2D eigenvalue weighted by Gasteiger charge is 2.42. The summed E-state index contributed by atoms with van der Waals surface area (Å²) in [7, 11) is 0. The Morgan fingerprint density at radius 3 is 2.76 bits per heavy atom. The lowest BCUT2D eigenvalue weighted by atomic mass is 9.77. The number of aliphatic hydroxyl groups is 1. The maximum Gasteiger partial charge on any atom is 0.137 e. The number of aromatic nitrogens is 3. The Labute approximate surface area is 169 Å². The van der Waals surface area contributed by atoms with Gasteiger partial charge in [-0.2, -0.15) is 10.4 Å². The summed E-state index contributed by atoms with van der Waals surface area (Å²) in [6.07, 6.45) is 4.56. The fourth-order valence-corrected chi connectivity index (χ4v) is 4.93. The minimum absolute atomic E-state index is 0.0106. The van der Waals surface area contributed by atoms with E-state index in [1.165, 1.54) is 6.33 Å². The minimum Gasteiger partial charge on any atom is -0.460 e. The highest BCUT2D eigenvalue weighted by atomic mass is 16.3. The first-order chi connectivity index (χ1) is 14.2. The molecule has 7 nitrogen and oxygen atoms in total. The molecule has 2 aliphatic rings. The van der Waals surface area contributed by atoms with E-state index >= 15 is 0 Å². The van der Waals surface area contributed by atoms with Crippen molar-refractivity contribution in [1.29, 1.82) is 5.26 Å². The van der Waals surface area contributed by atoms with Gasteiger partial charge >= 0.3 is 0 Å². The molecule has 29 heavy (non-hydrogen) atoms. The maximum atomic E-state index is 10.6. The van der Waals surface area contributed by atoms with Gasteiger partial charge in [-0.15, -0.1) is 0 Å². The Morgan fingerprint density at radius 1 is 1.14 bits per heavy atom. The van der Waals surface area contributed by atoms with Crippen LogP contribution < -0.4 is 0 Å². The lowest BCUT2D eigenvalue weighted by Crippen LogP contribution is -2.36. The quantitative estimate of drug-likeness (QED) is 0.738. The van der Waals surface area contributed by atoms with Crippen LogP contribution in [0.5, 0.6) is 0 Å². The van der Waals surface area contributed by atoms with E-state index in [-0.39, 0.29) is 12.1 Å². The fourth-order valence-electron chi connectivity index (χ4n) is 4.93. The second-order valence-electron chi connectivity index (χ2n) is 8.12. The third-order valence-electron chi connectivity index (χ3n) is 6.32. The van der Waals surface area contributed by atoms with Gasteiger partial charge in [0.25, 0.3) is 0 Å². The van der Waals surface area contributed by atoms with Gasteiger partial charge in [-0.25, -0.2) is 9.67 Å². The highest BCUT2D eigenvalue weighted by molar-refractivity contribution is 5.66. The Balaban J connectivity index is 1.26. The first-order valence-electron chi connectivity index (χ1n) is 10.0. The summed E-state index contributed by atoms with van der Waals surface area (Å²) in [5.74, 6) is 2.68. The summed E-state index contributed by atoms with van der Waals surface area (Å²) in [6.45, 7) is 2.70. The van der Waals surface area contributed by atoms with Gasteiger partial charge < -0.3 is 9.52 Å². The summed E-state index contributed by atoms with van der Waals surface area (Å²) in [6, 6.07) is 13.7. The van der Waals surface area contributed by atoms with Gasteiger partial charge in [0, 0.05) is 18.7 Å². The number of benzene rings is 1. The van der Waals surface area contributed by atoms with Gasteiger partial charge in [-0.05, 0) is 48.9 Å². The number of furan rings is 1. The number of hydrogen-bond donors (Lipinski definition) is 1. The smallest absolute Gasteiger partial charge is 0.137 e. The molecule has 148 valence electrons. The number of rotatable bonds is 4. The number of nitriles is 1. The first-order valence-corrected chi connectivity index (χ1v) is 10.0. The average molecular weight is 389 g/mol. The molecule has 1 aliphatic heterocycles. The molecule has 0 bridgehead atoms. The molecule has 4 atom stereocenters. The standard InChI is InChI=1S/C22H23N5O2/c23-9-15-3-1-2-4-19(15)22-6-5-18(29-22)12-26-10-16-7-20(27-14-24-13-25-27)21(28)8-17(16)11-26/h1-6,13-14,16-17,20-21,28H,7-8,10-12H2/t16-,17+,20-,21-/m1/s1. The van der Waals surface area contributed by atoms with E-state index in [4.69, 9.17) is 4.42 Å². The molecule has 7 heteroatoms. The second-order valence-corrected chi connectivity index (χ2v) is 8.12. The Morgan fingerprint density at radius 2 is 1.97 bits per heavy atom. The first kappa shape index (κ1) is 18.1. The van der Waals surface area contributed by atoms with E-state index in [1.807, 2.05) is 30.3 Å². The Bertz CT molecular complexity index is 1020. The van der Waals surface area contributed by atoms with E-state index in [2.05, 4.69) is 21.1 Å². The van der Waals surface area contributed by atoms with Crippen LogP contribution in [0.25, 0.3) is 11.3 Å². The van der Waals surface area contributed by atoms with Crippen molar-refractivity contribution >= 4 is 0 Å². The Hall–Kier alpha value is -2.95. The van der Waals surface area contributed by atoms with Crippen molar-refractivity contribution in [3.63, 3.8) is 0 Å². The molecular formula is C22H23N5O2. The molecule has 0 amide bonds. The molecule has 2 aromatic heterocycles. The molecule has 3 aromatic rings. The summed E-state index contributed by atoms with van der Waals surface area (Å²) >= 11 is 0. The van der Waals surface area contributed by atoms with E-state index in [1.54, 1.807) is 17.1 Å². The molecule has 5 rings (SSSR count). The number of fused-ring (bicyclic) bond motifs is 1. The van der Waals surface area contributed by atoms with Crippen LogP contribution in [-0.4, -0.2) is 44.0 Å². The van der Waals surface area contributed by atoms with Gasteiger partial charge in [0.05, 0.1) is 30.3 Å². The average Bonchev–Trinajstić information content (AvgIpc) is 3.48. The van der Waals surface area contributed by atoms with E-state index in [0.29, 0.717) is 17.4 Å². The van der Waals surface area contributed by atoms with Crippen LogP contribution in [0.15, 0.2) is 53.5 Å². The number of hydrogen-bond acceptors (Lipinski definition) is 6. The van der Waals surface area contributed by atoms with Crippen LogP contribution >= 0.6 is 0 Å². The van der Waals surface area contributed by atoms with Crippen molar-refractivity contribution in [3.8, 4) is 17.4 Å². The van der Waals surface area contributed by atoms with Crippen LogP contribution in [0.3, 0.4) is 0 Å². The predicted octanol–water partition coefficient (Wildman–Crippen LogP) is 2.85. The monoisotopic (exact) mass is 389 g/mol. The van der Waals surface area contributed by atoms with Crippen molar-refractivity contribution in [2.75, 3.05) is 13.1 Å². The highest BCUT2D eigenvalue weighted by Crippen LogP contribution is 2.41.